The molecule has 1 aromatic rings. The number of pyridine rings is 1. The fourth-order valence-corrected chi connectivity index (χ4v) is 4.10. The SMILES string of the molecule is CN(CC1CC2CCC1C2)C(=O)c1cccc(Br)n1. The van der Waals surface area contributed by atoms with E-state index in [0.717, 1.165) is 18.4 Å². The lowest BCUT2D eigenvalue weighted by atomic mass is 9.88. The molecule has 0 aromatic carbocycles. The number of halogens is 1. The van der Waals surface area contributed by atoms with Gasteiger partial charge in [0.1, 0.15) is 10.3 Å². The van der Waals surface area contributed by atoms with Crippen molar-refractivity contribution in [3.05, 3.63) is 28.5 Å². The van der Waals surface area contributed by atoms with Crippen molar-refractivity contribution in [3.63, 3.8) is 0 Å². The van der Waals surface area contributed by atoms with E-state index in [1.807, 2.05) is 24.1 Å². The molecule has 3 unspecified atom stereocenters. The van der Waals surface area contributed by atoms with Gasteiger partial charge in [0, 0.05) is 13.6 Å². The minimum absolute atomic E-state index is 0.0315. The van der Waals surface area contributed by atoms with Crippen molar-refractivity contribution in [3.8, 4) is 0 Å². The van der Waals surface area contributed by atoms with Gasteiger partial charge in [0.15, 0.2) is 0 Å². The summed E-state index contributed by atoms with van der Waals surface area (Å²) in [6.07, 6.45) is 5.48. The number of hydrogen-bond acceptors (Lipinski definition) is 2. The molecule has 1 amide bonds. The van der Waals surface area contributed by atoms with E-state index in [2.05, 4.69) is 20.9 Å². The number of nitrogens with zero attached hydrogens (tertiary/aromatic N) is 2. The second-order valence-electron chi connectivity index (χ2n) is 5.97. The first-order chi connectivity index (χ1) is 9.13. The van der Waals surface area contributed by atoms with Gasteiger partial charge in [0.25, 0.3) is 5.91 Å². The van der Waals surface area contributed by atoms with E-state index in [1.54, 1.807) is 6.07 Å². The highest BCUT2D eigenvalue weighted by atomic mass is 79.9. The van der Waals surface area contributed by atoms with Crippen LogP contribution in [0.1, 0.15) is 36.2 Å². The minimum Gasteiger partial charge on any atom is -0.340 e. The van der Waals surface area contributed by atoms with Gasteiger partial charge >= 0.3 is 0 Å². The Kier molecular flexibility index (Phi) is 3.61. The van der Waals surface area contributed by atoms with Crippen molar-refractivity contribution in [1.29, 1.82) is 0 Å². The van der Waals surface area contributed by atoms with E-state index < -0.39 is 0 Å². The third kappa shape index (κ3) is 2.69. The van der Waals surface area contributed by atoms with Crippen LogP contribution < -0.4 is 0 Å². The lowest BCUT2D eigenvalue weighted by Crippen LogP contribution is -2.34. The molecule has 1 aromatic heterocycles. The maximum absolute atomic E-state index is 12.3. The van der Waals surface area contributed by atoms with Crippen molar-refractivity contribution < 1.29 is 4.79 Å². The predicted octanol–water partition coefficient (Wildman–Crippen LogP) is 3.35. The van der Waals surface area contributed by atoms with Gasteiger partial charge in [-0.3, -0.25) is 4.79 Å². The summed E-state index contributed by atoms with van der Waals surface area (Å²) in [5.41, 5.74) is 0.528. The number of fused-ring (bicyclic) bond motifs is 2. The zero-order chi connectivity index (χ0) is 13.4. The first-order valence-electron chi connectivity index (χ1n) is 7.01. The topological polar surface area (TPSA) is 33.2 Å². The molecule has 3 nitrogen and oxygen atoms in total. The Labute approximate surface area is 122 Å². The quantitative estimate of drug-likeness (QED) is 0.799. The van der Waals surface area contributed by atoms with Gasteiger partial charge in [-0.05, 0) is 65.1 Å². The minimum atomic E-state index is 0.0315. The van der Waals surface area contributed by atoms with Crippen LogP contribution in [0.2, 0.25) is 0 Å². The van der Waals surface area contributed by atoms with Crippen molar-refractivity contribution in [2.45, 2.75) is 25.7 Å². The van der Waals surface area contributed by atoms with Crippen LogP contribution in [0, 0.1) is 17.8 Å². The zero-order valence-electron chi connectivity index (χ0n) is 11.2. The fourth-order valence-electron chi connectivity index (χ4n) is 3.76. The second-order valence-corrected chi connectivity index (χ2v) is 6.78. The van der Waals surface area contributed by atoms with E-state index in [9.17, 15) is 4.79 Å². The Morgan fingerprint density at radius 2 is 2.26 bits per heavy atom. The molecular formula is C15H19BrN2O. The van der Waals surface area contributed by atoms with Crippen molar-refractivity contribution in [1.82, 2.24) is 9.88 Å². The molecule has 4 heteroatoms. The molecule has 0 radical (unpaired) electrons. The van der Waals surface area contributed by atoms with Crippen LogP contribution in [0.4, 0.5) is 0 Å². The molecule has 102 valence electrons. The largest absolute Gasteiger partial charge is 0.340 e. The van der Waals surface area contributed by atoms with Crippen LogP contribution >= 0.6 is 15.9 Å². The van der Waals surface area contributed by atoms with Gasteiger partial charge in [-0.1, -0.05) is 12.5 Å². The van der Waals surface area contributed by atoms with E-state index in [0.29, 0.717) is 16.2 Å². The molecule has 3 atom stereocenters. The van der Waals surface area contributed by atoms with Gasteiger partial charge in [-0.15, -0.1) is 0 Å². The number of carbonyl (C=O) groups excluding carboxylic acids is 1. The maximum Gasteiger partial charge on any atom is 0.272 e. The number of rotatable bonds is 3. The zero-order valence-corrected chi connectivity index (χ0v) is 12.8. The van der Waals surface area contributed by atoms with Crippen LogP contribution in [0.15, 0.2) is 22.8 Å². The number of hydrogen-bond donors (Lipinski definition) is 0. The van der Waals surface area contributed by atoms with Gasteiger partial charge in [0.05, 0.1) is 0 Å². The van der Waals surface area contributed by atoms with Gasteiger partial charge in [-0.25, -0.2) is 4.98 Å². The molecule has 19 heavy (non-hydrogen) atoms. The fraction of sp³-hybridized carbons (Fsp3) is 0.600. The Morgan fingerprint density at radius 3 is 2.89 bits per heavy atom. The van der Waals surface area contributed by atoms with Crippen molar-refractivity contribution in [2.24, 2.45) is 17.8 Å². The molecule has 1 heterocycles. The monoisotopic (exact) mass is 322 g/mol. The second kappa shape index (κ2) is 5.23. The smallest absolute Gasteiger partial charge is 0.272 e. The number of carbonyl (C=O) groups is 1. The number of aromatic nitrogens is 1. The van der Waals surface area contributed by atoms with E-state index >= 15 is 0 Å². The average molecular weight is 323 g/mol. The standard InChI is InChI=1S/C15H19BrN2O/c1-18(9-12-8-10-5-6-11(12)7-10)15(19)13-3-2-4-14(16)17-13/h2-4,10-12H,5-9H2,1H3. The summed E-state index contributed by atoms with van der Waals surface area (Å²) in [4.78, 5) is 18.4. The summed E-state index contributed by atoms with van der Waals surface area (Å²) in [6, 6.07) is 5.48. The molecular weight excluding hydrogens is 304 g/mol. The van der Waals surface area contributed by atoms with Crippen molar-refractivity contribution >= 4 is 21.8 Å². The molecule has 2 aliphatic carbocycles. The summed E-state index contributed by atoms with van der Waals surface area (Å²) in [6.45, 7) is 0.883. The summed E-state index contributed by atoms with van der Waals surface area (Å²) in [7, 11) is 1.90. The lowest BCUT2D eigenvalue weighted by Gasteiger charge is -2.27. The van der Waals surface area contributed by atoms with E-state index in [-0.39, 0.29) is 5.91 Å². The van der Waals surface area contributed by atoms with Gasteiger partial charge < -0.3 is 4.90 Å². The molecule has 2 bridgehead atoms. The first-order valence-corrected chi connectivity index (χ1v) is 7.81. The van der Waals surface area contributed by atoms with Crippen LogP contribution in [0.25, 0.3) is 0 Å². The Hall–Kier alpha value is -0.900. The molecule has 2 aliphatic rings. The first kappa shape index (κ1) is 13.1. The molecule has 2 saturated carbocycles. The molecule has 0 spiro atoms. The highest BCUT2D eigenvalue weighted by Gasteiger charge is 2.40. The summed E-state index contributed by atoms with van der Waals surface area (Å²) in [5.74, 6) is 2.53. The maximum atomic E-state index is 12.3. The molecule has 3 rings (SSSR count). The van der Waals surface area contributed by atoms with E-state index in [1.165, 1.54) is 25.7 Å². The average Bonchev–Trinajstić information content (AvgIpc) is 3.00. The third-order valence-corrected chi connectivity index (χ3v) is 5.12. The molecule has 0 N–H and O–H groups in total. The van der Waals surface area contributed by atoms with E-state index in [4.69, 9.17) is 0 Å². The Morgan fingerprint density at radius 1 is 1.42 bits per heavy atom. The summed E-state index contributed by atoms with van der Waals surface area (Å²) < 4.78 is 0.715. The predicted molar refractivity (Wildman–Crippen MR) is 77.8 cm³/mol. The lowest BCUT2D eigenvalue weighted by molar-refractivity contribution is 0.0748. The number of amides is 1. The highest BCUT2D eigenvalue weighted by molar-refractivity contribution is 9.10. The Balaban J connectivity index is 1.64. The Bertz CT molecular complexity index is 491. The van der Waals surface area contributed by atoms with Crippen LogP contribution in [-0.2, 0) is 0 Å². The molecule has 0 aliphatic heterocycles. The van der Waals surface area contributed by atoms with Gasteiger partial charge in [-0.2, -0.15) is 0 Å². The summed E-state index contributed by atoms with van der Waals surface area (Å²) in [5, 5.41) is 0. The molecule has 0 saturated heterocycles. The van der Waals surface area contributed by atoms with Crippen molar-refractivity contribution in [2.75, 3.05) is 13.6 Å². The van der Waals surface area contributed by atoms with Crippen LogP contribution in [-0.4, -0.2) is 29.4 Å². The summed E-state index contributed by atoms with van der Waals surface area (Å²) >= 11 is 3.31. The normalized spacial score (nSPS) is 28.6. The molecule has 2 fully saturated rings. The van der Waals surface area contributed by atoms with Crippen LogP contribution in [0.3, 0.4) is 0 Å². The van der Waals surface area contributed by atoms with Crippen LogP contribution in [0.5, 0.6) is 0 Å². The van der Waals surface area contributed by atoms with Gasteiger partial charge in [0.2, 0.25) is 0 Å². The third-order valence-electron chi connectivity index (χ3n) is 4.67. The highest BCUT2D eigenvalue weighted by Crippen LogP contribution is 2.48.